The number of carbonyl (C=O) groups excluding carboxylic acids is 3. The van der Waals surface area contributed by atoms with Gasteiger partial charge in [-0.25, -0.2) is 9.59 Å². The number of aliphatic carboxylic acids is 1. The SMILES string of the molecule is O=C(CCC(=O)C(=O)O)OCCOCCOCCOC(=O)c1ccccc1Nc1cccc(C(F)(F)F)c1. The van der Waals surface area contributed by atoms with Gasteiger partial charge in [-0.05, 0) is 30.3 Å². The second-order valence-electron chi connectivity index (χ2n) is 7.56. The molecule has 0 aliphatic rings. The molecule has 0 fully saturated rings. The highest BCUT2D eigenvalue weighted by Gasteiger charge is 2.30. The zero-order chi connectivity index (χ0) is 28.0. The van der Waals surface area contributed by atoms with Crippen LogP contribution >= 0.6 is 0 Å². The molecule has 2 aromatic rings. The molecule has 38 heavy (non-hydrogen) atoms. The molecular formula is C25H26F3NO9. The number of alkyl halides is 3. The molecule has 0 heterocycles. The van der Waals surface area contributed by atoms with Crippen LogP contribution in [0.4, 0.5) is 24.5 Å². The second kappa shape index (κ2) is 15.3. The number of para-hydroxylation sites is 1. The molecule has 0 amide bonds. The number of esters is 2. The molecule has 0 spiro atoms. The third kappa shape index (κ3) is 11.0. The molecule has 13 heteroatoms. The predicted octanol–water partition coefficient (Wildman–Crippen LogP) is 3.62. The zero-order valence-electron chi connectivity index (χ0n) is 20.1. The van der Waals surface area contributed by atoms with E-state index < -0.39 is 41.9 Å². The van der Waals surface area contributed by atoms with Crippen molar-refractivity contribution in [3.8, 4) is 0 Å². The van der Waals surface area contributed by atoms with E-state index in [1.54, 1.807) is 12.1 Å². The Bertz CT molecular complexity index is 1110. The predicted molar refractivity (Wildman–Crippen MR) is 126 cm³/mol. The molecule has 0 saturated carbocycles. The number of anilines is 2. The van der Waals surface area contributed by atoms with Crippen LogP contribution in [0.3, 0.4) is 0 Å². The Labute approximate surface area is 215 Å². The lowest BCUT2D eigenvalue weighted by molar-refractivity contribution is -0.151. The summed E-state index contributed by atoms with van der Waals surface area (Å²) >= 11 is 0. The smallest absolute Gasteiger partial charge is 0.416 e. The van der Waals surface area contributed by atoms with E-state index in [0.717, 1.165) is 12.1 Å². The maximum atomic E-state index is 13.0. The monoisotopic (exact) mass is 541 g/mol. The van der Waals surface area contributed by atoms with Crippen LogP contribution in [0.5, 0.6) is 0 Å². The summed E-state index contributed by atoms with van der Waals surface area (Å²) in [5, 5.41) is 11.2. The highest BCUT2D eigenvalue weighted by Crippen LogP contribution is 2.32. The number of halogens is 3. The number of carboxylic acid groups (broad SMARTS) is 1. The van der Waals surface area contributed by atoms with Crippen molar-refractivity contribution >= 4 is 35.1 Å². The van der Waals surface area contributed by atoms with Gasteiger partial charge in [-0.15, -0.1) is 0 Å². The van der Waals surface area contributed by atoms with Crippen LogP contribution in [0.25, 0.3) is 0 Å². The van der Waals surface area contributed by atoms with Gasteiger partial charge in [-0.1, -0.05) is 18.2 Å². The summed E-state index contributed by atoms with van der Waals surface area (Å²) in [6.45, 7) is 0.283. The Morgan fingerprint density at radius 3 is 2.08 bits per heavy atom. The number of hydrogen-bond donors (Lipinski definition) is 2. The van der Waals surface area contributed by atoms with Gasteiger partial charge in [0.25, 0.3) is 0 Å². The molecule has 0 bridgehead atoms. The van der Waals surface area contributed by atoms with Crippen molar-refractivity contribution in [3.05, 3.63) is 59.7 Å². The van der Waals surface area contributed by atoms with Crippen molar-refractivity contribution in [1.82, 2.24) is 0 Å². The number of Topliss-reactive ketones (excluding diaryl/α,β-unsaturated/α-hetero) is 1. The maximum absolute atomic E-state index is 13.0. The fourth-order valence-corrected chi connectivity index (χ4v) is 2.90. The Kier molecular flexibility index (Phi) is 12.2. The molecule has 0 aliphatic carbocycles. The van der Waals surface area contributed by atoms with Gasteiger partial charge in [0.1, 0.15) is 13.2 Å². The van der Waals surface area contributed by atoms with Crippen LogP contribution in [0.2, 0.25) is 0 Å². The molecule has 2 aromatic carbocycles. The van der Waals surface area contributed by atoms with Gasteiger partial charge in [0.15, 0.2) is 0 Å². The largest absolute Gasteiger partial charge is 0.476 e. The maximum Gasteiger partial charge on any atom is 0.416 e. The standard InChI is InChI=1S/C25H26F3NO9/c26-25(27,28)17-4-3-5-18(16-17)29-20-7-2-1-6-19(20)24(34)38-15-13-36-11-10-35-12-14-37-22(31)9-8-21(30)23(32)33/h1-7,16,29H,8-15H2,(H,32,33). The average Bonchev–Trinajstić information content (AvgIpc) is 2.88. The first kappa shape index (κ1) is 30.3. The molecule has 0 aromatic heterocycles. The molecular weight excluding hydrogens is 515 g/mol. The Hall–Kier alpha value is -3.97. The summed E-state index contributed by atoms with van der Waals surface area (Å²) in [5.74, 6) is -4.08. The first-order chi connectivity index (χ1) is 18.1. The van der Waals surface area contributed by atoms with Crippen molar-refractivity contribution < 1.29 is 56.4 Å². The van der Waals surface area contributed by atoms with Crippen LogP contribution in [-0.4, -0.2) is 68.4 Å². The molecule has 0 atom stereocenters. The van der Waals surface area contributed by atoms with E-state index in [1.165, 1.54) is 24.3 Å². The quantitative estimate of drug-likeness (QED) is 0.184. The number of nitrogens with one attached hydrogen (secondary N) is 1. The number of ether oxygens (including phenoxy) is 4. The Balaban J connectivity index is 1.63. The van der Waals surface area contributed by atoms with E-state index in [1.807, 2.05) is 0 Å². The Morgan fingerprint density at radius 1 is 0.789 bits per heavy atom. The van der Waals surface area contributed by atoms with Crippen LogP contribution in [0.1, 0.15) is 28.8 Å². The number of benzene rings is 2. The van der Waals surface area contributed by atoms with Crippen molar-refractivity contribution in [2.75, 3.05) is 45.0 Å². The molecule has 0 aliphatic heterocycles. The number of carboxylic acids is 1. The van der Waals surface area contributed by atoms with Crippen LogP contribution < -0.4 is 5.32 Å². The first-order valence-electron chi connectivity index (χ1n) is 11.4. The fraction of sp³-hybridized carbons (Fsp3) is 0.360. The van der Waals surface area contributed by atoms with Gasteiger partial charge in [0.2, 0.25) is 5.78 Å². The van der Waals surface area contributed by atoms with E-state index in [9.17, 15) is 32.3 Å². The summed E-state index contributed by atoms with van der Waals surface area (Å²) in [6.07, 6.45) is -5.27. The number of hydrogen-bond acceptors (Lipinski definition) is 9. The summed E-state index contributed by atoms with van der Waals surface area (Å²) < 4.78 is 59.3. The van der Waals surface area contributed by atoms with Gasteiger partial charge in [0, 0.05) is 12.1 Å². The Morgan fingerprint density at radius 2 is 1.42 bits per heavy atom. The van der Waals surface area contributed by atoms with Crippen LogP contribution in [-0.2, 0) is 39.5 Å². The molecule has 2 N–H and O–H groups in total. The fourth-order valence-electron chi connectivity index (χ4n) is 2.90. The van der Waals surface area contributed by atoms with Crippen molar-refractivity contribution in [2.45, 2.75) is 19.0 Å². The van der Waals surface area contributed by atoms with Gasteiger partial charge >= 0.3 is 24.1 Å². The third-order valence-corrected chi connectivity index (χ3v) is 4.73. The highest BCUT2D eigenvalue weighted by molar-refractivity contribution is 6.32. The van der Waals surface area contributed by atoms with E-state index in [-0.39, 0.29) is 63.0 Å². The van der Waals surface area contributed by atoms with Gasteiger partial charge in [-0.2, -0.15) is 13.2 Å². The zero-order valence-corrected chi connectivity index (χ0v) is 20.1. The third-order valence-electron chi connectivity index (χ3n) is 4.73. The van der Waals surface area contributed by atoms with Crippen LogP contribution in [0, 0.1) is 0 Å². The average molecular weight is 541 g/mol. The van der Waals surface area contributed by atoms with E-state index in [2.05, 4.69) is 5.32 Å². The van der Waals surface area contributed by atoms with Crippen LogP contribution in [0.15, 0.2) is 48.5 Å². The summed E-state index contributed by atoms with van der Waals surface area (Å²) in [6, 6.07) is 10.8. The van der Waals surface area contributed by atoms with Gasteiger partial charge in [-0.3, -0.25) is 9.59 Å². The lowest BCUT2D eigenvalue weighted by Gasteiger charge is -2.13. The van der Waals surface area contributed by atoms with E-state index >= 15 is 0 Å². The first-order valence-corrected chi connectivity index (χ1v) is 11.4. The molecule has 0 unspecified atom stereocenters. The second-order valence-corrected chi connectivity index (χ2v) is 7.56. The molecule has 0 saturated heterocycles. The van der Waals surface area contributed by atoms with E-state index in [0.29, 0.717) is 0 Å². The summed E-state index contributed by atoms with van der Waals surface area (Å²) in [7, 11) is 0. The molecule has 10 nitrogen and oxygen atoms in total. The summed E-state index contributed by atoms with van der Waals surface area (Å²) in [4.78, 5) is 45.1. The van der Waals surface area contributed by atoms with Crippen molar-refractivity contribution in [2.24, 2.45) is 0 Å². The number of ketones is 1. The minimum absolute atomic E-state index is 0.0604. The van der Waals surface area contributed by atoms with E-state index in [4.69, 9.17) is 24.1 Å². The van der Waals surface area contributed by atoms with Crippen molar-refractivity contribution in [3.63, 3.8) is 0 Å². The lowest BCUT2D eigenvalue weighted by Crippen LogP contribution is -2.17. The van der Waals surface area contributed by atoms with Crippen molar-refractivity contribution in [1.29, 1.82) is 0 Å². The topological polar surface area (TPSA) is 137 Å². The van der Waals surface area contributed by atoms with Gasteiger partial charge < -0.3 is 29.4 Å². The lowest BCUT2D eigenvalue weighted by atomic mass is 10.1. The number of rotatable bonds is 16. The normalized spacial score (nSPS) is 11.0. The molecule has 206 valence electrons. The summed E-state index contributed by atoms with van der Waals surface area (Å²) in [5.41, 5.74) is -0.253. The highest BCUT2D eigenvalue weighted by atomic mass is 19.4. The number of carbonyl (C=O) groups is 4. The minimum atomic E-state index is -4.50. The molecule has 0 radical (unpaired) electrons. The minimum Gasteiger partial charge on any atom is -0.476 e. The molecule has 2 rings (SSSR count). The van der Waals surface area contributed by atoms with Gasteiger partial charge in [0.05, 0.1) is 49.7 Å².